The van der Waals surface area contributed by atoms with Crippen molar-refractivity contribution in [3.63, 3.8) is 0 Å². The number of ether oxygens (including phenoxy) is 2. The van der Waals surface area contributed by atoms with E-state index in [4.69, 9.17) is 9.47 Å². The van der Waals surface area contributed by atoms with Crippen LogP contribution in [0.15, 0.2) is 0 Å². The molecule has 0 spiro atoms. The van der Waals surface area contributed by atoms with E-state index in [2.05, 4.69) is 17.1 Å². The van der Waals surface area contributed by atoms with Gasteiger partial charge < -0.3 is 19.7 Å². The minimum Gasteiger partial charge on any atom is -0.444 e. The Bertz CT molecular complexity index is 447. The molecule has 1 N–H and O–H groups in total. The monoisotopic (exact) mass is 339 g/mol. The van der Waals surface area contributed by atoms with Gasteiger partial charge in [0.1, 0.15) is 5.60 Å². The fourth-order valence-corrected chi connectivity index (χ4v) is 3.71. The van der Waals surface area contributed by atoms with Gasteiger partial charge in [-0.2, -0.15) is 0 Å². The highest BCUT2D eigenvalue weighted by Gasteiger charge is 2.39. The maximum Gasteiger partial charge on any atom is 0.410 e. The smallest absolute Gasteiger partial charge is 0.410 e. The average molecular weight is 339 g/mol. The van der Waals surface area contributed by atoms with Crippen molar-refractivity contribution < 1.29 is 14.3 Å². The van der Waals surface area contributed by atoms with Crippen LogP contribution >= 0.6 is 0 Å². The summed E-state index contributed by atoms with van der Waals surface area (Å²) in [5, 5.41) is 3.61. The number of piperazine rings is 1. The Kier molecular flexibility index (Phi) is 5.37. The minimum atomic E-state index is -0.446. The van der Waals surface area contributed by atoms with Crippen LogP contribution in [0.25, 0.3) is 0 Å². The van der Waals surface area contributed by atoms with Crippen LogP contribution in [0.5, 0.6) is 0 Å². The summed E-state index contributed by atoms with van der Waals surface area (Å²) in [7, 11) is 0. The zero-order valence-electron chi connectivity index (χ0n) is 15.6. The molecule has 1 aliphatic carbocycles. The van der Waals surface area contributed by atoms with E-state index < -0.39 is 5.60 Å². The molecule has 3 aliphatic rings. The minimum absolute atomic E-state index is 0.167. The lowest BCUT2D eigenvalue weighted by Gasteiger charge is -2.43. The van der Waals surface area contributed by atoms with Crippen LogP contribution in [0.2, 0.25) is 0 Å². The molecule has 3 fully saturated rings. The molecule has 2 heterocycles. The summed E-state index contributed by atoms with van der Waals surface area (Å²) < 4.78 is 11.3. The number of rotatable bonds is 3. The van der Waals surface area contributed by atoms with Crippen molar-refractivity contribution in [2.24, 2.45) is 5.92 Å². The first-order chi connectivity index (χ1) is 11.3. The van der Waals surface area contributed by atoms with Crippen LogP contribution in [0.1, 0.15) is 40.5 Å². The maximum atomic E-state index is 12.5. The topological polar surface area (TPSA) is 54.0 Å². The van der Waals surface area contributed by atoms with Gasteiger partial charge >= 0.3 is 6.09 Å². The van der Waals surface area contributed by atoms with Gasteiger partial charge in [0.25, 0.3) is 0 Å². The largest absolute Gasteiger partial charge is 0.444 e. The van der Waals surface area contributed by atoms with Gasteiger partial charge in [0, 0.05) is 44.3 Å². The Labute approximate surface area is 145 Å². The van der Waals surface area contributed by atoms with Gasteiger partial charge in [-0.1, -0.05) is 0 Å². The maximum absolute atomic E-state index is 12.5. The summed E-state index contributed by atoms with van der Waals surface area (Å²) in [5.74, 6) is 0.815. The van der Waals surface area contributed by atoms with E-state index in [0.717, 1.165) is 38.8 Å². The lowest BCUT2D eigenvalue weighted by molar-refractivity contribution is -0.0271. The molecular weight excluding hydrogens is 306 g/mol. The third kappa shape index (κ3) is 4.61. The summed E-state index contributed by atoms with van der Waals surface area (Å²) in [5.41, 5.74) is -0.446. The van der Waals surface area contributed by atoms with Crippen molar-refractivity contribution in [2.45, 2.75) is 64.3 Å². The van der Waals surface area contributed by atoms with Crippen molar-refractivity contribution in [2.75, 3.05) is 39.4 Å². The molecular formula is C18H33N3O3. The fourth-order valence-electron chi connectivity index (χ4n) is 3.71. The number of nitrogens with one attached hydrogen (secondary N) is 1. The van der Waals surface area contributed by atoms with E-state index in [1.807, 2.05) is 25.7 Å². The van der Waals surface area contributed by atoms with E-state index in [1.54, 1.807) is 0 Å². The molecule has 0 radical (unpaired) electrons. The summed E-state index contributed by atoms with van der Waals surface area (Å²) in [6.45, 7) is 13.0. The van der Waals surface area contributed by atoms with E-state index in [0.29, 0.717) is 18.6 Å². The second kappa shape index (κ2) is 7.18. The molecule has 2 aliphatic heterocycles. The van der Waals surface area contributed by atoms with Gasteiger partial charge in [-0.25, -0.2) is 4.79 Å². The number of carbonyl (C=O) groups is 1. The van der Waals surface area contributed by atoms with Gasteiger partial charge in [0.15, 0.2) is 0 Å². The lowest BCUT2D eigenvalue weighted by Crippen LogP contribution is -2.62. The highest BCUT2D eigenvalue weighted by atomic mass is 16.6. The van der Waals surface area contributed by atoms with Crippen molar-refractivity contribution in [3.8, 4) is 0 Å². The van der Waals surface area contributed by atoms with Crippen LogP contribution in [0.3, 0.4) is 0 Å². The molecule has 1 unspecified atom stereocenters. The highest BCUT2D eigenvalue weighted by Crippen LogP contribution is 2.36. The van der Waals surface area contributed by atoms with E-state index >= 15 is 0 Å². The summed E-state index contributed by atoms with van der Waals surface area (Å²) >= 11 is 0. The van der Waals surface area contributed by atoms with Crippen LogP contribution in [-0.2, 0) is 9.47 Å². The van der Waals surface area contributed by atoms with Gasteiger partial charge in [-0.05, 0) is 46.5 Å². The molecule has 0 aromatic carbocycles. The molecule has 0 aromatic rings. The Morgan fingerprint density at radius 2 is 2.08 bits per heavy atom. The van der Waals surface area contributed by atoms with Crippen molar-refractivity contribution in [1.82, 2.24) is 15.1 Å². The normalized spacial score (nSPS) is 32.7. The molecule has 3 rings (SSSR count). The second-order valence-electron chi connectivity index (χ2n) is 8.56. The molecule has 138 valence electrons. The lowest BCUT2D eigenvalue weighted by atomic mass is 10.1. The number of morpholine rings is 1. The summed E-state index contributed by atoms with van der Waals surface area (Å²) in [4.78, 5) is 16.9. The highest BCUT2D eigenvalue weighted by molar-refractivity contribution is 5.68. The third-order valence-corrected chi connectivity index (χ3v) is 5.18. The standard InChI is InChI=1S/C18H33N3O3/c1-13-9-19-15(11-21(13)17(22)24-18(2,3)4)10-20-7-8-23-12-16(20)14-5-6-14/h13-16,19H,5-12H2,1-4H3/t13-,15+,16?/m1/s1. The molecule has 6 nitrogen and oxygen atoms in total. The molecule has 1 amide bonds. The average Bonchev–Trinajstić information content (AvgIpc) is 3.32. The molecule has 0 aromatic heterocycles. The van der Waals surface area contributed by atoms with Crippen molar-refractivity contribution in [3.05, 3.63) is 0 Å². The zero-order chi connectivity index (χ0) is 17.3. The van der Waals surface area contributed by atoms with Crippen molar-refractivity contribution >= 4 is 6.09 Å². The van der Waals surface area contributed by atoms with Gasteiger partial charge in [0.2, 0.25) is 0 Å². The molecule has 1 saturated carbocycles. The SMILES string of the molecule is C[C@@H]1CN[C@@H](CN2CCOCC2C2CC2)CN1C(=O)OC(C)(C)C. The van der Waals surface area contributed by atoms with Crippen LogP contribution in [0.4, 0.5) is 4.79 Å². The van der Waals surface area contributed by atoms with Gasteiger partial charge in [-0.15, -0.1) is 0 Å². The number of hydrogen-bond donors (Lipinski definition) is 1. The Balaban J connectivity index is 1.57. The first-order valence-corrected chi connectivity index (χ1v) is 9.38. The van der Waals surface area contributed by atoms with Gasteiger partial charge in [0.05, 0.1) is 13.2 Å². The first-order valence-electron chi connectivity index (χ1n) is 9.38. The third-order valence-electron chi connectivity index (χ3n) is 5.18. The van der Waals surface area contributed by atoms with Gasteiger partial charge in [-0.3, -0.25) is 4.90 Å². The van der Waals surface area contributed by atoms with Crippen molar-refractivity contribution in [1.29, 1.82) is 0 Å². The van der Waals surface area contributed by atoms with Crippen LogP contribution in [0, 0.1) is 5.92 Å². The summed E-state index contributed by atoms with van der Waals surface area (Å²) in [6, 6.07) is 1.03. The summed E-state index contributed by atoms with van der Waals surface area (Å²) in [6.07, 6.45) is 2.48. The molecule has 3 atom stereocenters. The van der Waals surface area contributed by atoms with Crippen LogP contribution in [-0.4, -0.2) is 79.0 Å². The predicted octanol–water partition coefficient (Wildman–Crippen LogP) is 1.69. The molecule has 6 heteroatoms. The van der Waals surface area contributed by atoms with E-state index in [-0.39, 0.29) is 12.1 Å². The van der Waals surface area contributed by atoms with E-state index in [1.165, 1.54) is 12.8 Å². The fraction of sp³-hybridized carbons (Fsp3) is 0.944. The molecule has 24 heavy (non-hydrogen) atoms. The Morgan fingerprint density at radius 1 is 1.33 bits per heavy atom. The first kappa shape index (κ1) is 18.0. The number of amides is 1. The molecule has 0 bridgehead atoms. The number of carbonyl (C=O) groups excluding carboxylic acids is 1. The zero-order valence-corrected chi connectivity index (χ0v) is 15.6. The number of nitrogens with zero attached hydrogens (tertiary/aromatic N) is 2. The predicted molar refractivity (Wildman–Crippen MR) is 93.1 cm³/mol. The quantitative estimate of drug-likeness (QED) is 0.848. The molecule has 2 saturated heterocycles. The Morgan fingerprint density at radius 3 is 2.75 bits per heavy atom. The van der Waals surface area contributed by atoms with Crippen LogP contribution < -0.4 is 5.32 Å². The number of hydrogen-bond acceptors (Lipinski definition) is 5. The second-order valence-corrected chi connectivity index (χ2v) is 8.56. The Hall–Kier alpha value is -0.850. The van der Waals surface area contributed by atoms with E-state index in [9.17, 15) is 4.79 Å².